The number of ether oxygens (including phenoxy) is 1. The molecule has 0 unspecified atom stereocenters. The summed E-state index contributed by atoms with van der Waals surface area (Å²) < 4.78 is 6.44. The Morgan fingerprint density at radius 1 is 1.67 bits per heavy atom. The largest absolute Gasteiger partial charge is 0.507 e. The van der Waals surface area contributed by atoms with Gasteiger partial charge >= 0.3 is 7.12 Å². The predicted molar refractivity (Wildman–Crippen MR) is 43.7 cm³/mol. The van der Waals surface area contributed by atoms with Crippen LogP contribution in [0.15, 0.2) is 12.3 Å². The molecule has 0 radical (unpaired) electrons. The Morgan fingerprint density at radius 2 is 2.42 bits per heavy atom. The lowest BCUT2D eigenvalue weighted by Gasteiger charge is -2.05. The highest BCUT2D eigenvalue weighted by Gasteiger charge is 2.16. The Morgan fingerprint density at radius 3 is 3.00 bits per heavy atom. The van der Waals surface area contributed by atoms with Gasteiger partial charge in [0.05, 0.1) is 5.59 Å². The lowest BCUT2D eigenvalue weighted by atomic mass is 9.86. The number of rotatable bonds is 4. The summed E-state index contributed by atoms with van der Waals surface area (Å²) in [5.41, 5.74) is 0.337. The molecule has 0 fully saturated rings. The van der Waals surface area contributed by atoms with Crippen LogP contribution in [0.4, 0.5) is 0 Å². The topological polar surface area (TPSA) is 67.5 Å². The molecule has 6 heteroatoms. The third kappa shape index (κ3) is 2.07. The van der Waals surface area contributed by atoms with E-state index in [1.54, 1.807) is 0 Å². The molecule has 0 aliphatic heterocycles. The van der Waals surface area contributed by atoms with Gasteiger partial charge in [-0.05, 0) is 13.0 Å². The van der Waals surface area contributed by atoms with Crippen LogP contribution in [0.25, 0.3) is 0 Å². The first-order chi connectivity index (χ1) is 5.75. The Labute approximate surface area is 70.7 Å². The van der Waals surface area contributed by atoms with Gasteiger partial charge in [-0.25, -0.2) is 4.68 Å². The van der Waals surface area contributed by atoms with Crippen molar-refractivity contribution in [3.05, 3.63) is 12.3 Å². The van der Waals surface area contributed by atoms with Gasteiger partial charge in [-0.3, -0.25) is 0 Å². The van der Waals surface area contributed by atoms with Crippen LogP contribution in [-0.2, 0) is 11.5 Å². The number of hydrogen-bond acceptors (Lipinski definition) is 4. The molecule has 1 rings (SSSR count). The fourth-order valence-corrected chi connectivity index (χ4v) is 0.848. The Bertz CT molecular complexity index is 238. The second-order valence-corrected chi connectivity index (χ2v) is 2.25. The highest BCUT2D eigenvalue weighted by atomic mass is 16.5. The van der Waals surface area contributed by atoms with E-state index < -0.39 is 7.12 Å². The SMILES string of the molecule is CCOCn1nccc1B(O)O. The van der Waals surface area contributed by atoms with Gasteiger partial charge in [-0.2, -0.15) is 5.10 Å². The molecule has 0 amide bonds. The summed E-state index contributed by atoms with van der Waals surface area (Å²) in [5, 5.41) is 21.5. The highest BCUT2D eigenvalue weighted by molar-refractivity contribution is 6.57. The van der Waals surface area contributed by atoms with Crippen molar-refractivity contribution in [3.8, 4) is 0 Å². The molecule has 0 aliphatic rings. The average Bonchev–Trinajstić information content (AvgIpc) is 2.48. The maximum Gasteiger partial charge on any atom is 0.507 e. The van der Waals surface area contributed by atoms with Crippen molar-refractivity contribution in [1.29, 1.82) is 0 Å². The molecule has 1 aromatic rings. The maximum atomic E-state index is 8.83. The number of aromatic nitrogens is 2. The van der Waals surface area contributed by atoms with E-state index in [-0.39, 0.29) is 6.73 Å². The zero-order valence-electron chi connectivity index (χ0n) is 6.84. The first-order valence-electron chi connectivity index (χ1n) is 3.71. The minimum absolute atomic E-state index is 0.246. The predicted octanol–water partition coefficient (Wildman–Crippen LogP) is -1.44. The molecule has 1 aromatic heterocycles. The summed E-state index contributed by atoms with van der Waals surface area (Å²) in [6.45, 7) is 2.68. The zero-order chi connectivity index (χ0) is 8.97. The summed E-state index contributed by atoms with van der Waals surface area (Å²) in [7, 11) is -1.49. The van der Waals surface area contributed by atoms with Gasteiger partial charge in [0.15, 0.2) is 0 Å². The Balaban J connectivity index is 2.64. The second kappa shape index (κ2) is 4.25. The van der Waals surface area contributed by atoms with Crippen LogP contribution in [-0.4, -0.2) is 33.6 Å². The minimum Gasteiger partial charge on any atom is -0.422 e. The van der Waals surface area contributed by atoms with Crippen molar-refractivity contribution in [2.24, 2.45) is 0 Å². The lowest BCUT2D eigenvalue weighted by molar-refractivity contribution is 0.0808. The number of nitrogens with zero attached hydrogens (tertiary/aromatic N) is 2. The van der Waals surface area contributed by atoms with Crippen LogP contribution < -0.4 is 5.59 Å². The van der Waals surface area contributed by atoms with Gasteiger partial charge in [-0.15, -0.1) is 0 Å². The first kappa shape index (κ1) is 9.24. The molecule has 0 spiro atoms. The molecular weight excluding hydrogens is 159 g/mol. The molecular formula is C6H11BN2O3. The van der Waals surface area contributed by atoms with E-state index >= 15 is 0 Å². The van der Waals surface area contributed by atoms with Crippen LogP contribution in [0.1, 0.15) is 6.92 Å². The molecule has 66 valence electrons. The molecule has 0 aromatic carbocycles. The summed E-state index contributed by atoms with van der Waals surface area (Å²) in [4.78, 5) is 0. The highest BCUT2D eigenvalue weighted by Crippen LogP contribution is 1.85. The Hall–Kier alpha value is -0.845. The molecule has 0 aliphatic carbocycles. The molecule has 0 bridgehead atoms. The second-order valence-electron chi connectivity index (χ2n) is 2.25. The summed E-state index contributed by atoms with van der Waals surface area (Å²) in [6.07, 6.45) is 1.49. The third-order valence-electron chi connectivity index (χ3n) is 1.43. The monoisotopic (exact) mass is 170 g/mol. The van der Waals surface area contributed by atoms with Crippen molar-refractivity contribution in [2.75, 3.05) is 6.61 Å². The molecule has 2 N–H and O–H groups in total. The third-order valence-corrected chi connectivity index (χ3v) is 1.43. The van der Waals surface area contributed by atoms with Crippen LogP contribution in [0.2, 0.25) is 0 Å². The average molecular weight is 170 g/mol. The molecule has 0 saturated heterocycles. The van der Waals surface area contributed by atoms with E-state index in [0.717, 1.165) is 0 Å². The summed E-state index contributed by atoms with van der Waals surface area (Å²) >= 11 is 0. The van der Waals surface area contributed by atoms with Gasteiger partial charge in [-0.1, -0.05) is 0 Å². The smallest absolute Gasteiger partial charge is 0.422 e. The van der Waals surface area contributed by atoms with Gasteiger partial charge in [0.25, 0.3) is 0 Å². The standard InChI is InChI=1S/C6H11BN2O3/c1-2-12-5-9-6(7(10)11)3-4-8-9/h3-4,10-11H,2,5H2,1H3. The molecule has 5 nitrogen and oxygen atoms in total. The lowest BCUT2D eigenvalue weighted by Crippen LogP contribution is -2.37. The van der Waals surface area contributed by atoms with Crippen molar-refractivity contribution in [3.63, 3.8) is 0 Å². The maximum absolute atomic E-state index is 8.83. The van der Waals surface area contributed by atoms with Crippen LogP contribution in [0, 0.1) is 0 Å². The first-order valence-corrected chi connectivity index (χ1v) is 3.71. The van der Waals surface area contributed by atoms with Gasteiger partial charge < -0.3 is 14.8 Å². The fraction of sp³-hybridized carbons (Fsp3) is 0.500. The molecule has 1 heterocycles. The van der Waals surface area contributed by atoms with Crippen LogP contribution >= 0.6 is 0 Å². The van der Waals surface area contributed by atoms with E-state index in [9.17, 15) is 0 Å². The summed E-state index contributed by atoms with van der Waals surface area (Å²) in [6, 6.07) is 1.53. The van der Waals surface area contributed by atoms with Gasteiger partial charge in [0, 0.05) is 12.8 Å². The van der Waals surface area contributed by atoms with E-state index in [1.165, 1.54) is 16.9 Å². The molecule has 0 atom stereocenters. The van der Waals surface area contributed by atoms with E-state index in [2.05, 4.69) is 5.10 Å². The summed E-state index contributed by atoms with van der Waals surface area (Å²) in [5.74, 6) is 0. The van der Waals surface area contributed by atoms with E-state index in [4.69, 9.17) is 14.8 Å². The number of hydrogen-bond donors (Lipinski definition) is 2. The van der Waals surface area contributed by atoms with E-state index in [0.29, 0.717) is 12.2 Å². The van der Waals surface area contributed by atoms with Crippen LogP contribution in [0.3, 0.4) is 0 Å². The molecule has 12 heavy (non-hydrogen) atoms. The van der Waals surface area contributed by atoms with Gasteiger partial charge in [0.1, 0.15) is 6.73 Å². The minimum atomic E-state index is -1.49. The van der Waals surface area contributed by atoms with Crippen molar-refractivity contribution < 1.29 is 14.8 Å². The van der Waals surface area contributed by atoms with E-state index in [1.807, 2.05) is 6.92 Å². The molecule has 0 saturated carbocycles. The van der Waals surface area contributed by atoms with Gasteiger partial charge in [0.2, 0.25) is 0 Å². The van der Waals surface area contributed by atoms with Crippen molar-refractivity contribution in [2.45, 2.75) is 13.7 Å². The zero-order valence-corrected chi connectivity index (χ0v) is 6.84. The quantitative estimate of drug-likeness (QED) is 0.543. The fourth-order valence-electron chi connectivity index (χ4n) is 0.848. The Kier molecular flexibility index (Phi) is 3.27. The van der Waals surface area contributed by atoms with Crippen LogP contribution in [0.5, 0.6) is 0 Å². The van der Waals surface area contributed by atoms with Crippen molar-refractivity contribution >= 4 is 12.7 Å². The van der Waals surface area contributed by atoms with Crippen molar-refractivity contribution in [1.82, 2.24) is 9.78 Å². The normalized spacial score (nSPS) is 10.2.